The van der Waals surface area contributed by atoms with Gasteiger partial charge in [-0.25, -0.2) is 0 Å². The lowest BCUT2D eigenvalue weighted by molar-refractivity contribution is -0.140. The zero-order valence-electron chi connectivity index (χ0n) is 14.1. The highest BCUT2D eigenvalue weighted by Gasteiger charge is 2.11. The van der Waals surface area contributed by atoms with E-state index >= 15 is 0 Å². The molecule has 0 aromatic heterocycles. The van der Waals surface area contributed by atoms with Gasteiger partial charge in [-0.1, -0.05) is 96.5 Å². The van der Waals surface area contributed by atoms with Gasteiger partial charge in [0, 0.05) is 0 Å². The number of carboxylic acid groups (broad SMARTS) is 1. The summed E-state index contributed by atoms with van der Waals surface area (Å²) in [7, 11) is 0. The Bertz CT molecular complexity index is 248. The quantitative estimate of drug-likeness (QED) is 0.266. The maximum atomic E-state index is 10.8. The molecule has 0 aliphatic heterocycles. The molecule has 0 rings (SSSR count). The number of unbranched alkanes of at least 4 members (excludes halogenated alkanes) is 12. The van der Waals surface area contributed by atoms with E-state index in [1.54, 1.807) is 6.08 Å². The van der Waals surface area contributed by atoms with E-state index in [0.29, 0.717) is 0 Å². The second kappa shape index (κ2) is 15.6. The molecule has 1 unspecified atom stereocenters. The van der Waals surface area contributed by atoms with Crippen LogP contribution in [0.15, 0.2) is 12.7 Å². The van der Waals surface area contributed by atoms with Crippen LogP contribution in [0.2, 0.25) is 0 Å². The van der Waals surface area contributed by atoms with E-state index in [-0.39, 0.29) is 5.92 Å². The lowest BCUT2D eigenvalue weighted by Crippen LogP contribution is -2.10. The fourth-order valence-corrected chi connectivity index (χ4v) is 2.72. The summed E-state index contributed by atoms with van der Waals surface area (Å²) in [6, 6.07) is 0. The molecule has 124 valence electrons. The van der Waals surface area contributed by atoms with E-state index in [1.165, 1.54) is 70.6 Å². The molecule has 0 radical (unpaired) electrons. The van der Waals surface area contributed by atoms with E-state index in [2.05, 4.69) is 13.5 Å². The highest BCUT2D eigenvalue weighted by Crippen LogP contribution is 2.15. The Kier molecular flexibility index (Phi) is 15.0. The second-order valence-electron chi connectivity index (χ2n) is 6.21. The molecule has 0 saturated carbocycles. The van der Waals surface area contributed by atoms with Crippen molar-refractivity contribution in [2.24, 2.45) is 5.92 Å². The van der Waals surface area contributed by atoms with E-state index in [9.17, 15) is 4.79 Å². The Balaban J connectivity index is 3.15. The minimum absolute atomic E-state index is 0.349. The van der Waals surface area contributed by atoms with Gasteiger partial charge in [0.15, 0.2) is 0 Å². The molecule has 21 heavy (non-hydrogen) atoms. The Hall–Kier alpha value is -0.790. The van der Waals surface area contributed by atoms with E-state index in [0.717, 1.165) is 19.3 Å². The molecule has 0 aromatic rings. The molecule has 0 aliphatic rings. The molecule has 2 heteroatoms. The number of hydrogen-bond acceptors (Lipinski definition) is 1. The van der Waals surface area contributed by atoms with Crippen LogP contribution in [0.25, 0.3) is 0 Å². The molecule has 0 fully saturated rings. The third-order valence-electron chi connectivity index (χ3n) is 4.22. The highest BCUT2D eigenvalue weighted by atomic mass is 16.4. The van der Waals surface area contributed by atoms with Crippen LogP contribution in [0.3, 0.4) is 0 Å². The minimum Gasteiger partial charge on any atom is -0.481 e. The molecule has 0 spiro atoms. The Morgan fingerprint density at radius 3 is 1.57 bits per heavy atom. The van der Waals surface area contributed by atoms with Gasteiger partial charge in [0.05, 0.1) is 5.92 Å². The Morgan fingerprint density at radius 2 is 1.24 bits per heavy atom. The highest BCUT2D eigenvalue weighted by molar-refractivity contribution is 5.71. The van der Waals surface area contributed by atoms with Crippen LogP contribution in [-0.2, 0) is 4.79 Å². The summed E-state index contributed by atoms with van der Waals surface area (Å²) < 4.78 is 0. The van der Waals surface area contributed by atoms with Crippen molar-refractivity contribution in [1.29, 1.82) is 0 Å². The third kappa shape index (κ3) is 13.9. The molecular weight excluding hydrogens is 260 g/mol. The van der Waals surface area contributed by atoms with Crippen molar-refractivity contribution in [3.63, 3.8) is 0 Å². The average molecular weight is 296 g/mol. The smallest absolute Gasteiger partial charge is 0.310 e. The molecule has 0 amide bonds. The predicted molar refractivity (Wildman–Crippen MR) is 91.6 cm³/mol. The summed E-state index contributed by atoms with van der Waals surface area (Å²) >= 11 is 0. The van der Waals surface area contributed by atoms with Gasteiger partial charge in [-0.2, -0.15) is 0 Å². The molecule has 1 atom stereocenters. The molecular formula is C19H36O2. The van der Waals surface area contributed by atoms with Crippen LogP contribution in [0.4, 0.5) is 0 Å². The monoisotopic (exact) mass is 296 g/mol. The molecule has 0 aromatic carbocycles. The SMILES string of the molecule is C=CC(CCCCCCCCCCCCCCC)C(=O)O. The number of aliphatic carboxylic acids is 1. The predicted octanol–water partition coefficient (Wildman–Crippen LogP) is 6.35. The zero-order valence-corrected chi connectivity index (χ0v) is 14.1. The van der Waals surface area contributed by atoms with Crippen molar-refractivity contribution in [1.82, 2.24) is 0 Å². The first-order chi connectivity index (χ1) is 10.2. The first kappa shape index (κ1) is 20.2. The Labute approximate surface area is 132 Å². The van der Waals surface area contributed by atoms with Gasteiger partial charge in [-0.15, -0.1) is 6.58 Å². The van der Waals surface area contributed by atoms with Gasteiger partial charge in [0.25, 0.3) is 0 Å². The molecule has 0 saturated heterocycles. The summed E-state index contributed by atoms with van der Waals surface area (Å²) in [5.41, 5.74) is 0. The van der Waals surface area contributed by atoms with Crippen LogP contribution in [-0.4, -0.2) is 11.1 Å². The van der Waals surface area contributed by atoms with Crippen molar-refractivity contribution in [3.8, 4) is 0 Å². The van der Waals surface area contributed by atoms with Crippen LogP contribution in [0.5, 0.6) is 0 Å². The Morgan fingerprint density at radius 1 is 0.857 bits per heavy atom. The molecule has 0 heterocycles. The molecule has 1 N–H and O–H groups in total. The number of rotatable bonds is 16. The summed E-state index contributed by atoms with van der Waals surface area (Å²) in [6.07, 6.45) is 19.5. The topological polar surface area (TPSA) is 37.3 Å². The maximum absolute atomic E-state index is 10.8. The summed E-state index contributed by atoms with van der Waals surface area (Å²) in [4.78, 5) is 10.8. The lowest BCUT2D eigenvalue weighted by Gasteiger charge is -2.06. The average Bonchev–Trinajstić information content (AvgIpc) is 2.47. The maximum Gasteiger partial charge on any atom is 0.310 e. The first-order valence-electron chi connectivity index (χ1n) is 9.07. The van der Waals surface area contributed by atoms with Crippen LogP contribution >= 0.6 is 0 Å². The third-order valence-corrected chi connectivity index (χ3v) is 4.22. The minimum atomic E-state index is -0.732. The summed E-state index contributed by atoms with van der Waals surface area (Å²) in [6.45, 7) is 5.84. The van der Waals surface area contributed by atoms with Crippen LogP contribution in [0, 0.1) is 5.92 Å². The molecule has 2 nitrogen and oxygen atoms in total. The summed E-state index contributed by atoms with van der Waals surface area (Å²) in [5.74, 6) is -1.08. The van der Waals surface area contributed by atoms with Gasteiger partial charge in [-0.05, 0) is 6.42 Å². The van der Waals surface area contributed by atoms with Crippen molar-refractivity contribution in [2.45, 2.75) is 96.8 Å². The zero-order chi connectivity index (χ0) is 15.8. The van der Waals surface area contributed by atoms with Gasteiger partial charge in [-0.3, -0.25) is 4.79 Å². The van der Waals surface area contributed by atoms with Crippen molar-refractivity contribution in [3.05, 3.63) is 12.7 Å². The fraction of sp³-hybridized carbons (Fsp3) is 0.842. The number of carboxylic acids is 1. The van der Waals surface area contributed by atoms with Gasteiger partial charge < -0.3 is 5.11 Å². The van der Waals surface area contributed by atoms with Crippen molar-refractivity contribution >= 4 is 5.97 Å². The lowest BCUT2D eigenvalue weighted by atomic mass is 10.00. The van der Waals surface area contributed by atoms with Crippen LogP contribution in [0.1, 0.15) is 96.8 Å². The first-order valence-corrected chi connectivity index (χ1v) is 9.07. The van der Waals surface area contributed by atoms with Crippen molar-refractivity contribution in [2.75, 3.05) is 0 Å². The largest absolute Gasteiger partial charge is 0.481 e. The molecule has 0 bridgehead atoms. The van der Waals surface area contributed by atoms with Gasteiger partial charge in [0.1, 0.15) is 0 Å². The van der Waals surface area contributed by atoms with Crippen molar-refractivity contribution < 1.29 is 9.90 Å². The van der Waals surface area contributed by atoms with E-state index in [1.807, 2.05) is 0 Å². The van der Waals surface area contributed by atoms with Gasteiger partial charge >= 0.3 is 5.97 Å². The number of carbonyl (C=O) groups is 1. The standard InChI is InChI=1S/C19H36O2/c1-3-5-6-7-8-9-10-11-12-13-14-15-16-17-18(4-2)19(20)21/h4,18H,2-3,5-17H2,1H3,(H,20,21). The fourth-order valence-electron chi connectivity index (χ4n) is 2.72. The number of hydrogen-bond donors (Lipinski definition) is 1. The normalized spacial score (nSPS) is 12.2. The molecule has 0 aliphatic carbocycles. The second-order valence-corrected chi connectivity index (χ2v) is 6.21. The van der Waals surface area contributed by atoms with E-state index in [4.69, 9.17) is 5.11 Å². The van der Waals surface area contributed by atoms with E-state index < -0.39 is 5.97 Å². The van der Waals surface area contributed by atoms with Crippen LogP contribution < -0.4 is 0 Å². The summed E-state index contributed by atoms with van der Waals surface area (Å²) in [5, 5.41) is 8.89. The van der Waals surface area contributed by atoms with Gasteiger partial charge in [0.2, 0.25) is 0 Å².